The molecule has 154 valence electrons. The van der Waals surface area contributed by atoms with Gasteiger partial charge >= 0.3 is 0 Å². The van der Waals surface area contributed by atoms with Crippen molar-refractivity contribution in [3.05, 3.63) is 78.1 Å². The van der Waals surface area contributed by atoms with Crippen LogP contribution >= 0.6 is 0 Å². The highest BCUT2D eigenvalue weighted by Crippen LogP contribution is 2.28. The van der Waals surface area contributed by atoms with Crippen molar-refractivity contribution in [1.29, 1.82) is 0 Å². The van der Waals surface area contributed by atoms with E-state index < -0.39 is 0 Å². The van der Waals surface area contributed by atoms with E-state index in [-0.39, 0.29) is 11.8 Å². The lowest BCUT2D eigenvalue weighted by Gasteiger charge is -2.10. The molecule has 0 aliphatic rings. The molecule has 2 aromatic carbocycles. The van der Waals surface area contributed by atoms with Gasteiger partial charge < -0.3 is 20.1 Å². The number of anilines is 2. The number of hydrogen-bond acceptors (Lipinski definition) is 5. The molecule has 0 saturated heterocycles. The third-order valence-electron chi connectivity index (χ3n) is 4.44. The number of benzene rings is 2. The van der Waals surface area contributed by atoms with Crippen LogP contribution in [-0.2, 0) is 11.2 Å². The van der Waals surface area contributed by atoms with Crippen LogP contribution in [0.2, 0.25) is 0 Å². The molecular formula is C23H23N3O4. The summed E-state index contributed by atoms with van der Waals surface area (Å²) < 4.78 is 10.5. The van der Waals surface area contributed by atoms with Crippen molar-refractivity contribution in [2.24, 2.45) is 0 Å². The zero-order chi connectivity index (χ0) is 21.3. The number of carbonyl (C=O) groups is 2. The smallest absolute Gasteiger partial charge is 0.255 e. The van der Waals surface area contributed by atoms with E-state index in [0.717, 1.165) is 5.56 Å². The number of ether oxygens (including phenoxy) is 2. The molecule has 7 nitrogen and oxygen atoms in total. The third-order valence-corrected chi connectivity index (χ3v) is 4.44. The molecule has 0 atom stereocenters. The number of aryl methyl sites for hydroxylation is 1. The van der Waals surface area contributed by atoms with E-state index in [0.29, 0.717) is 41.3 Å². The summed E-state index contributed by atoms with van der Waals surface area (Å²) in [5, 5.41) is 5.63. The van der Waals surface area contributed by atoms with Gasteiger partial charge in [0.25, 0.3) is 5.91 Å². The van der Waals surface area contributed by atoms with Crippen molar-refractivity contribution in [2.75, 3.05) is 24.9 Å². The first-order chi connectivity index (χ1) is 14.6. The van der Waals surface area contributed by atoms with Crippen molar-refractivity contribution in [2.45, 2.75) is 12.8 Å². The molecule has 0 aliphatic carbocycles. The van der Waals surface area contributed by atoms with Crippen LogP contribution in [-0.4, -0.2) is 31.0 Å². The summed E-state index contributed by atoms with van der Waals surface area (Å²) in [6.07, 6.45) is 4.05. The largest absolute Gasteiger partial charge is 0.493 e. The van der Waals surface area contributed by atoms with Crippen LogP contribution < -0.4 is 20.1 Å². The van der Waals surface area contributed by atoms with Crippen molar-refractivity contribution in [3.63, 3.8) is 0 Å². The zero-order valence-corrected chi connectivity index (χ0v) is 16.8. The minimum Gasteiger partial charge on any atom is -0.493 e. The minimum atomic E-state index is -0.261. The van der Waals surface area contributed by atoms with Crippen molar-refractivity contribution in [3.8, 4) is 11.5 Å². The van der Waals surface area contributed by atoms with Gasteiger partial charge in [0.2, 0.25) is 5.91 Å². The number of rotatable bonds is 8. The number of hydrogen-bond donors (Lipinski definition) is 2. The van der Waals surface area contributed by atoms with Gasteiger partial charge in [0, 0.05) is 35.8 Å². The van der Waals surface area contributed by atoms with E-state index in [1.54, 1.807) is 63.0 Å². The Kier molecular flexibility index (Phi) is 7.00. The monoisotopic (exact) mass is 405 g/mol. The maximum Gasteiger partial charge on any atom is 0.255 e. The van der Waals surface area contributed by atoms with Gasteiger partial charge in [-0.3, -0.25) is 14.6 Å². The Morgan fingerprint density at radius 1 is 0.867 bits per heavy atom. The van der Waals surface area contributed by atoms with Gasteiger partial charge in [-0.25, -0.2) is 0 Å². The molecule has 0 saturated carbocycles. The van der Waals surface area contributed by atoms with E-state index in [9.17, 15) is 9.59 Å². The molecule has 7 heteroatoms. The molecule has 2 N–H and O–H groups in total. The fourth-order valence-corrected chi connectivity index (χ4v) is 2.89. The molecule has 0 spiro atoms. The number of aromatic nitrogens is 1. The SMILES string of the molecule is COc1ccc(CCC(=O)Nc2cccc(C(=O)Nc3ccncc3)c2)cc1OC. The number of methoxy groups -OCH3 is 2. The average Bonchev–Trinajstić information content (AvgIpc) is 2.78. The number of pyridine rings is 1. The van der Waals surface area contributed by atoms with Gasteiger partial charge in [0.05, 0.1) is 14.2 Å². The maximum atomic E-state index is 12.4. The number of amides is 2. The van der Waals surface area contributed by atoms with Crippen LogP contribution in [0, 0.1) is 0 Å². The second-order valence-corrected chi connectivity index (χ2v) is 6.51. The van der Waals surface area contributed by atoms with Crippen molar-refractivity contribution >= 4 is 23.2 Å². The molecule has 3 rings (SSSR count). The van der Waals surface area contributed by atoms with Crippen LogP contribution in [0.1, 0.15) is 22.3 Å². The highest BCUT2D eigenvalue weighted by molar-refractivity contribution is 6.05. The van der Waals surface area contributed by atoms with Crippen molar-refractivity contribution in [1.82, 2.24) is 4.98 Å². The minimum absolute atomic E-state index is 0.142. The van der Waals surface area contributed by atoms with Crippen LogP contribution in [0.15, 0.2) is 67.0 Å². The van der Waals surface area contributed by atoms with Gasteiger partial charge in [-0.2, -0.15) is 0 Å². The first kappa shape index (κ1) is 20.9. The van der Waals surface area contributed by atoms with Crippen LogP contribution in [0.4, 0.5) is 11.4 Å². The molecule has 0 radical (unpaired) electrons. The second-order valence-electron chi connectivity index (χ2n) is 6.51. The second kappa shape index (κ2) is 10.1. The fourth-order valence-electron chi connectivity index (χ4n) is 2.89. The van der Waals surface area contributed by atoms with Gasteiger partial charge in [-0.1, -0.05) is 12.1 Å². The molecule has 0 fully saturated rings. The van der Waals surface area contributed by atoms with Crippen LogP contribution in [0.5, 0.6) is 11.5 Å². The lowest BCUT2D eigenvalue weighted by Crippen LogP contribution is -2.15. The summed E-state index contributed by atoms with van der Waals surface area (Å²) in [5.74, 6) is 0.870. The van der Waals surface area contributed by atoms with E-state index in [1.165, 1.54) is 0 Å². The molecular weight excluding hydrogens is 382 g/mol. The quantitative estimate of drug-likeness (QED) is 0.593. The van der Waals surface area contributed by atoms with E-state index in [2.05, 4.69) is 15.6 Å². The van der Waals surface area contributed by atoms with E-state index >= 15 is 0 Å². The van der Waals surface area contributed by atoms with Gasteiger partial charge in [-0.05, 0) is 54.4 Å². The van der Waals surface area contributed by atoms with Crippen LogP contribution in [0.3, 0.4) is 0 Å². The topological polar surface area (TPSA) is 89.5 Å². The van der Waals surface area contributed by atoms with Gasteiger partial charge in [0.1, 0.15) is 0 Å². The zero-order valence-electron chi connectivity index (χ0n) is 16.8. The normalized spacial score (nSPS) is 10.2. The molecule has 0 unspecified atom stereocenters. The average molecular weight is 405 g/mol. The third kappa shape index (κ3) is 5.57. The first-order valence-electron chi connectivity index (χ1n) is 9.41. The lowest BCUT2D eigenvalue weighted by molar-refractivity contribution is -0.116. The predicted octanol–water partition coefficient (Wildman–Crippen LogP) is 3.92. The Labute approximate surface area is 175 Å². The molecule has 1 heterocycles. The van der Waals surface area contributed by atoms with Crippen LogP contribution in [0.25, 0.3) is 0 Å². The summed E-state index contributed by atoms with van der Waals surface area (Å²) in [6.45, 7) is 0. The summed E-state index contributed by atoms with van der Waals surface area (Å²) >= 11 is 0. The molecule has 0 aliphatic heterocycles. The first-order valence-corrected chi connectivity index (χ1v) is 9.41. The Morgan fingerprint density at radius 3 is 2.37 bits per heavy atom. The van der Waals surface area contributed by atoms with E-state index in [4.69, 9.17) is 9.47 Å². The van der Waals surface area contributed by atoms with Gasteiger partial charge in [0.15, 0.2) is 11.5 Å². The van der Waals surface area contributed by atoms with E-state index in [1.807, 2.05) is 18.2 Å². The molecule has 30 heavy (non-hydrogen) atoms. The molecule has 1 aromatic heterocycles. The molecule has 3 aromatic rings. The lowest BCUT2D eigenvalue weighted by atomic mass is 10.1. The summed E-state index contributed by atoms with van der Waals surface area (Å²) in [5.41, 5.74) is 2.63. The predicted molar refractivity (Wildman–Crippen MR) is 115 cm³/mol. The van der Waals surface area contributed by atoms with Gasteiger partial charge in [-0.15, -0.1) is 0 Å². The summed E-state index contributed by atoms with van der Waals surface area (Å²) in [6, 6.07) is 15.8. The fraction of sp³-hybridized carbons (Fsp3) is 0.174. The summed E-state index contributed by atoms with van der Waals surface area (Å²) in [7, 11) is 3.16. The highest BCUT2D eigenvalue weighted by atomic mass is 16.5. The molecule has 2 amide bonds. The number of nitrogens with one attached hydrogen (secondary N) is 2. The Morgan fingerprint density at radius 2 is 1.63 bits per heavy atom. The Bertz CT molecular complexity index is 1020. The number of nitrogens with zero attached hydrogens (tertiary/aromatic N) is 1. The highest BCUT2D eigenvalue weighted by Gasteiger charge is 2.10. The molecule has 0 bridgehead atoms. The van der Waals surface area contributed by atoms with Crippen molar-refractivity contribution < 1.29 is 19.1 Å². The standard InChI is InChI=1S/C23H23N3O4/c1-29-20-8-6-16(14-21(20)30-2)7-9-22(27)25-19-5-3-4-17(15-19)23(28)26-18-10-12-24-13-11-18/h3-6,8,10-15H,7,9H2,1-2H3,(H,25,27)(H,24,26,28). The Hall–Kier alpha value is -3.87. The number of carbonyl (C=O) groups excluding carboxylic acids is 2. The summed E-state index contributed by atoms with van der Waals surface area (Å²) in [4.78, 5) is 28.7. The maximum absolute atomic E-state index is 12.4. The Balaban J connectivity index is 1.58.